The van der Waals surface area contributed by atoms with E-state index in [4.69, 9.17) is 4.42 Å². The normalized spacial score (nSPS) is 15.6. The van der Waals surface area contributed by atoms with Crippen molar-refractivity contribution in [2.75, 3.05) is 36.8 Å². The first-order chi connectivity index (χ1) is 14.2. The number of aryl methyl sites for hydroxylation is 2. The Morgan fingerprint density at radius 2 is 1.80 bits per heavy atom. The first kappa shape index (κ1) is 22.4. The molecule has 0 unspecified atom stereocenters. The minimum Gasteiger partial charge on any atom is -0.464 e. The van der Waals surface area contributed by atoms with Gasteiger partial charge < -0.3 is 14.2 Å². The van der Waals surface area contributed by atoms with Gasteiger partial charge in [-0.3, -0.25) is 4.79 Å². The lowest BCUT2D eigenvalue weighted by Gasteiger charge is -2.36. The van der Waals surface area contributed by atoms with E-state index in [9.17, 15) is 13.2 Å². The molecule has 0 spiro atoms. The molecule has 164 valence electrons. The second kappa shape index (κ2) is 9.22. The zero-order valence-corrected chi connectivity index (χ0v) is 19.0. The third-order valence-electron chi connectivity index (χ3n) is 5.37. The van der Waals surface area contributed by atoms with Crippen LogP contribution < -0.4 is 4.90 Å². The Labute approximate surface area is 179 Å². The third kappa shape index (κ3) is 5.43. The Morgan fingerprint density at radius 3 is 2.37 bits per heavy atom. The van der Waals surface area contributed by atoms with Crippen LogP contribution in [-0.4, -0.2) is 61.5 Å². The summed E-state index contributed by atoms with van der Waals surface area (Å²) < 4.78 is 32.8. The van der Waals surface area contributed by atoms with E-state index in [1.54, 1.807) is 4.90 Å². The molecule has 1 aliphatic rings. The highest BCUT2D eigenvalue weighted by Crippen LogP contribution is 2.20. The maximum absolute atomic E-state index is 12.9. The summed E-state index contributed by atoms with van der Waals surface area (Å²) in [7, 11) is -3.68. The molecule has 8 heteroatoms. The van der Waals surface area contributed by atoms with E-state index < -0.39 is 21.7 Å². The lowest BCUT2D eigenvalue weighted by atomic mass is 10.2. The van der Waals surface area contributed by atoms with Gasteiger partial charge in [0, 0.05) is 37.9 Å². The number of sulfonamides is 1. The van der Waals surface area contributed by atoms with Crippen molar-refractivity contribution >= 4 is 21.6 Å². The lowest BCUT2D eigenvalue weighted by Crippen LogP contribution is -2.51. The second-order valence-electron chi connectivity index (χ2n) is 8.11. The van der Waals surface area contributed by atoms with Crippen LogP contribution in [0.5, 0.6) is 0 Å². The van der Waals surface area contributed by atoms with E-state index in [0.717, 1.165) is 11.4 Å². The molecule has 3 rings (SSSR count). The molecule has 0 radical (unpaired) electrons. The molecule has 2 heterocycles. The molecule has 0 N–H and O–H groups in total. The minimum absolute atomic E-state index is 0.128. The number of carbonyl (C=O) groups is 1. The van der Waals surface area contributed by atoms with Gasteiger partial charge in [0.1, 0.15) is 17.3 Å². The number of amides is 1. The summed E-state index contributed by atoms with van der Waals surface area (Å²) in [4.78, 5) is 16.6. The Kier molecular flexibility index (Phi) is 6.88. The molecule has 0 saturated carbocycles. The summed E-state index contributed by atoms with van der Waals surface area (Å²) in [5.41, 5.74) is 2.27. The molecule has 0 aliphatic carbocycles. The third-order valence-corrected chi connectivity index (χ3v) is 7.13. The summed E-state index contributed by atoms with van der Waals surface area (Å²) in [6, 6.07) is 11.7. The van der Waals surface area contributed by atoms with Gasteiger partial charge in [-0.1, -0.05) is 12.1 Å². The van der Waals surface area contributed by atoms with Crippen molar-refractivity contribution in [1.29, 1.82) is 0 Å². The van der Waals surface area contributed by atoms with E-state index in [1.165, 1.54) is 9.87 Å². The van der Waals surface area contributed by atoms with Crippen LogP contribution in [0.4, 0.5) is 5.69 Å². The highest BCUT2D eigenvalue weighted by molar-refractivity contribution is 7.89. The zero-order valence-electron chi connectivity index (χ0n) is 18.2. The summed E-state index contributed by atoms with van der Waals surface area (Å²) in [6.45, 7) is 9.87. The monoisotopic (exact) mass is 433 g/mol. The van der Waals surface area contributed by atoms with Gasteiger partial charge in [0.2, 0.25) is 15.9 Å². The molecule has 7 nitrogen and oxygen atoms in total. The SMILES string of the molecule is Cc1cccc(N2CCN(S(=O)(=O)CC(=O)N(Cc3ccc(C)o3)C(C)C)CC2)c1. The molecule has 1 aromatic heterocycles. The molecule has 1 saturated heterocycles. The number of hydrogen-bond donors (Lipinski definition) is 0. The van der Waals surface area contributed by atoms with Gasteiger partial charge in [0.15, 0.2) is 0 Å². The highest BCUT2D eigenvalue weighted by atomic mass is 32.2. The highest BCUT2D eigenvalue weighted by Gasteiger charge is 2.31. The van der Waals surface area contributed by atoms with Crippen molar-refractivity contribution in [3.05, 3.63) is 53.5 Å². The average Bonchev–Trinajstić information content (AvgIpc) is 3.10. The van der Waals surface area contributed by atoms with Crippen molar-refractivity contribution in [2.24, 2.45) is 0 Å². The molecule has 2 aromatic rings. The van der Waals surface area contributed by atoms with Crippen LogP contribution in [0.3, 0.4) is 0 Å². The van der Waals surface area contributed by atoms with Gasteiger partial charge >= 0.3 is 0 Å². The van der Waals surface area contributed by atoms with Crippen molar-refractivity contribution in [3.8, 4) is 0 Å². The molecule has 1 amide bonds. The predicted molar refractivity (Wildman–Crippen MR) is 118 cm³/mol. The van der Waals surface area contributed by atoms with Crippen molar-refractivity contribution in [1.82, 2.24) is 9.21 Å². The number of nitrogens with zero attached hydrogens (tertiary/aromatic N) is 3. The van der Waals surface area contributed by atoms with Crippen LogP contribution in [0, 0.1) is 13.8 Å². The van der Waals surface area contributed by atoms with E-state index in [2.05, 4.69) is 11.0 Å². The minimum atomic E-state index is -3.68. The van der Waals surface area contributed by atoms with Crippen molar-refractivity contribution in [3.63, 3.8) is 0 Å². The Bertz CT molecular complexity index is 976. The average molecular weight is 434 g/mol. The largest absolute Gasteiger partial charge is 0.464 e. The molecule has 0 atom stereocenters. The van der Waals surface area contributed by atoms with Crippen LogP contribution in [0.2, 0.25) is 0 Å². The number of benzene rings is 1. The van der Waals surface area contributed by atoms with Crippen LogP contribution in [0.1, 0.15) is 30.9 Å². The molecule has 30 heavy (non-hydrogen) atoms. The molecule has 0 bridgehead atoms. The van der Waals surface area contributed by atoms with Crippen LogP contribution in [0.25, 0.3) is 0 Å². The smallest absolute Gasteiger partial charge is 0.239 e. The maximum atomic E-state index is 12.9. The number of rotatable bonds is 7. The number of hydrogen-bond acceptors (Lipinski definition) is 5. The number of furan rings is 1. The zero-order chi connectivity index (χ0) is 21.9. The van der Waals surface area contributed by atoms with Gasteiger partial charge in [-0.05, 0) is 57.5 Å². The summed E-state index contributed by atoms with van der Waals surface area (Å²) in [5.74, 6) is 0.495. The fourth-order valence-corrected chi connectivity index (χ4v) is 5.06. The Morgan fingerprint density at radius 1 is 1.10 bits per heavy atom. The molecule has 1 aromatic carbocycles. The summed E-state index contributed by atoms with van der Waals surface area (Å²) >= 11 is 0. The molecule has 1 fully saturated rings. The topological polar surface area (TPSA) is 74.1 Å². The fraction of sp³-hybridized carbons (Fsp3) is 0.500. The molecule has 1 aliphatic heterocycles. The van der Waals surface area contributed by atoms with Gasteiger partial charge in [-0.15, -0.1) is 0 Å². The predicted octanol–water partition coefficient (Wildman–Crippen LogP) is 2.79. The Balaban J connectivity index is 1.61. The standard InChI is InChI=1S/C22H31N3O4S/c1-17(2)25(15-21-9-8-19(4)29-21)22(26)16-30(27,28)24-12-10-23(11-13-24)20-7-5-6-18(3)14-20/h5-9,14,17H,10-13,15-16H2,1-4H3. The van der Waals surface area contributed by atoms with Crippen LogP contribution >= 0.6 is 0 Å². The van der Waals surface area contributed by atoms with Gasteiger partial charge in [-0.25, -0.2) is 8.42 Å². The summed E-state index contributed by atoms with van der Waals surface area (Å²) in [5, 5.41) is 0. The maximum Gasteiger partial charge on any atom is 0.239 e. The van der Waals surface area contributed by atoms with Crippen molar-refractivity contribution < 1.29 is 17.6 Å². The van der Waals surface area contributed by atoms with Crippen LogP contribution in [0.15, 0.2) is 40.8 Å². The van der Waals surface area contributed by atoms with Crippen molar-refractivity contribution in [2.45, 2.75) is 40.3 Å². The first-order valence-electron chi connectivity index (χ1n) is 10.3. The Hall–Kier alpha value is -2.32. The second-order valence-corrected chi connectivity index (χ2v) is 10.1. The summed E-state index contributed by atoms with van der Waals surface area (Å²) in [6.07, 6.45) is 0. The van der Waals surface area contributed by atoms with Gasteiger partial charge in [-0.2, -0.15) is 4.31 Å². The van der Waals surface area contributed by atoms with E-state index in [1.807, 2.05) is 58.0 Å². The van der Waals surface area contributed by atoms with E-state index in [0.29, 0.717) is 31.9 Å². The van der Waals surface area contributed by atoms with E-state index >= 15 is 0 Å². The number of piperazine rings is 1. The number of anilines is 1. The lowest BCUT2D eigenvalue weighted by molar-refractivity contribution is -0.131. The van der Waals surface area contributed by atoms with Gasteiger partial charge in [0.05, 0.1) is 6.54 Å². The quantitative estimate of drug-likeness (QED) is 0.671. The van der Waals surface area contributed by atoms with E-state index in [-0.39, 0.29) is 12.6 Å². The van der Waals surface area contributed by atoms with Gasteiger partial charge in [0.25, 0.3) is 0 Å². The molecular weight excluding hydrogens is 402 g/mol. The number of carbonyl (C=O) groups excluding carboxylic acids is 1. The van der Waals surface area contributed by atoms with Crippen LogP contribution in [-0.2, 0) is 21.4 Å². The first-order valence-corrected chi connectivity index (χ1v) is 11.9. The fourth-order valence-electron chi connectivity index (χ4n) is 3.68. The molecular formula is C22H31N3O4S.